The fourth-order valence-corrected chi connectivity index (χ4v) is 5.75. The highest BCUT2D eigenvalue weighted by Gasteiger charge is 2.64. The van der Waals surface area contributed by atoms with Gasteiger partial charge in [0.2, 0.25) is 0 Å². The van der Waals surface area contributed by atoms with Crippen LogP contribution in [0.25, 0.3) is 0 Å². The minimum Gasteiger partial charge on any atom is -0.489 e. The number of piperazine rings is 1. The Hall–Kier alpha value is -3.35. The predicted molar refractivity (Wildman–Crippen MR) is 137 cm³/mol. The number of halogens is 1. The van der Waals surface area contributed by atoms with Gasteiger partial charge in [0.25, 0.3) is 5.91 Å². The number of amides is 3. The number of nitriles is 1. The summed E-state index contributed by atoms with van der Waals surface area (Å²) in [5, 5.41) is 18.1. The van der Waals surface area contributed by atoms with Crippen LogP contribution in [0.15, 0.2) is 36.5 Å². The van der Waals surface area contributed by atoms with Crippen molar-refractivity contribution in [3.8, 4) is 11.8 Å². The molecule has 36 heavy (non-hydrogen) atoms. The zero-order valence-electron chi connectivity index (χ0n) is 20.9. The van der Waals surface area contributed by atoms with Gasteiger partial charge in [0.15, 0.2) is 0 Å². The standard InChI is InChI=1S/C26H31ClN6O3/c1-25(2)22(26(3,4)23(25)36-18-7-5-16(14-28)19(27)13-18)32-24(35)31-21(34)17-6-8-20(30-15-17)33-11-9-29-10-12-33/h5-8,13,15,22-23,29H,9-12H2,1-4H3,(H2,31,32,34,35). The van der Waals surface area contributed by atoms with E-state index in [-0.39, 0.29) is 12.1 Å². The van der Waals surface area contributed by atoms with Crippen molar-refractivity contribution >= 4 is 29.4 Å². The first-order chi connectivity index (χ1) is 17.0. The Labute approximate surface area is 216 Å². The lowest BCUT2D eigenvalue weighted by Crippen LogP contribution is -2.75. The quantitative estimate of drug-likeness (QED) is 0.564. The van der Waals surface area contributed by atoms with Crippen molar-refractivity contribution in [2.45, 2.75) is 39.8 Å². The minimum atomic E-state index is -0.572. The lowest BCUT2D eigenvalue weighted by molar-refractivity contribution is -0.163. The van der Waals surface area contributed by atoms with Crippen LogP contribution < -0.4 is 25.6 Å². The number of hydrogen-bond donors (Lipinski definition) is 3. The molecule has 1 saturated heterocycles. The predicted octanol–water partition coefficient (Wildman–Crippen LogP) is 3.34. The number of carbonyl (C=O) groups is 2. The molecule has 0 atom stereocenters. The van der Waals surface area contributed by atoms with E-state index in [9.17, 15) is 9.59 Å². The van der Waals surface area contributed by atoms with Crippen molar-refractivity contribution < 1.29 is 14.3 Å². The molecule has 1 aromatic heterocycles. The topological polar surface area (TPSA) is 119 Å². The first-order valence-electron chi connectivity index (χ1n) is 11.9. The lowest BCUT2D eigenvalue weighted by Gasteiger charge is -2.62. The second-order valence-electron chi connectivity index (χ2n) is 10.4. The molecule has 2 aliphatic rings. The third kappa shape index (κ3) is 4.97. The molecule has 3 amide bonds. The summed E-state index contributed by atoms with van der Waals surface area (Å²) in [6.45, 7) is 11.5. The van der Waals surface area contributed by atoms with Crippen LogP contribution in [0, 0.1) is 22.2 Å². The van der Waals surface area contributed by atoms with Crippen LogP contribution in [-0.2, 0) is 0 Å². The molecular formula is C26H31ClN6O3. The van der Waals surface area contributed by atoms with Crippen molar-refractivity contribution in [1.29, 1.82) is 5.26 Å². The van der Waals surface area contributed by atoms with Crippen LogP contribution in [0.3, 0.4) is 0 Å². The summed E-state index contributed by atoms with van der Waals surface area (Å²) in [5.41, 5.74) is -0.172. The second kappa shape index (κ2) is 9.96. The van der Waals surface area contributed by atoms with E-state index in [0.717, 1.165) is 32.0 Å². The van der Waals surface area contributed by atoms with Crippen molar-refractivity contribution in [2.75, 3.05) is 31.1 Å². The number of pyridine rings is 1. The highest BCUT2D eigenvalue weighted by Crippen LogP contribution is 2.55. The Morgan fingerprint density at radius 1 is 1.17 bits per heavy atom. The van der Waals surface area contributed by atoms with Crippen LogP contribution in [0.1, 0.15) is 43.6 Å². The maximum Gasteiger partial charge on any atom is 0.321 e. The molecule has 2 aromatic rings. The van der Waals surface area contributed by atoms with E-state index in [1.54, 1.807) is 30.3 Å². The summed E-state index contributed by atoms with van der Waals surface area (Å²) in [4.78, 5) is 31.9. The Morgan fingerprint density at radius 2 is 1.86 bits per heavy atom. The number of ether oxygens (including phenoxy) is 1. The number of nitrogens with one attached hydrogen (secondary N) is 3. The first kappa shape index (κ1) is 25.7. The molecule has 9 nitrogen and oxygen atoms in total. The molecule has 0 bridgehead atoms. The third-order valence-corrected chi connectivity index (χ3v) is 7.42. The molecule has 4 rings (SSSR count). The van der Waals surface area contributed by atoms with Gasteiger partial charge in [-0.05, 0) is 24.3 Å². The minimum absolute atomic E-state index is 0.239. The van der Waals surface area contributed by atoms with E-state index in [0.29, 0.717) is 21.9 Å². The van der Waals surface area contributed by atoms with Crippen LogP contribution in [0.4, 0.5) is 10.6 Å². The van der Waals surface area contributed by atoms with Crippen molar-refractivity contribution in [1.82, 2.24) is 20.9 Å². The number of aromatic nitrogens is 1. The van der Waals surface area contributed by atoms with Gasteiger partial charge < -0.3 is 20.3 Å². The summed E-state index contributed by atoms with van der Waals surface area (Å²) >= 11 is 6.15. The Morgan fingerprint density at radius 3 is 2.44 bits per heavy atom. The maximum absolute atomic E-state index is 12.7. The van der Waals surface area contributed by atoms with E-state index in [1.807, 2.05) is 33.8 Å². The van der Waals surface area contributed by atoms with Crippen LogP contribution >= 0.6 is 11.6 Å². The van der Waals surface area contributed by atoms with Gasteiger partial charge in [0.1, 0.15) is 23.7 Å². The normalized spacial score (nSPS) is 22.1. The molecule has 0 radical (unpaired) electrons. The Kier molecular flexibility index (Phi) is 7.12. The number of urea groups is 1. The van der Waals surface area contributed by atoms with Gasteiger partial charge in [0, 0.05) is 55.3 Å². The summed E-state index contributed by atoms with van der Waals surface area (Å²) in [7, 11) is 0. The molecule has 3 N–H and O–H groups in total. The lowest BCUT2D eigenvalue weighted by atomic mass is 9.49. The van der Waals surface area contributed by atoms with Gasteiger partial charge in [-0.15, -0.1) is 0 Å². The maximum atomic E-state index is 12.7. The average molecular weight is 511 g/mol. The SMILES string of the molecule is CC1(C)C(NC(=O)NC(=O)c2ccc(N3CCNCC3)nc2)C(C)(C)C1Oc1ccc(C#N)c(Cl)c1. The molecule has 10 heteroatoms. The monoisotopic (exact) mass is 510 g/mol. The molecule has 0 unspecified atom stereocenters. The number of anilines is 1. The molecule has 2 heterocycles. The Bertz CT molecular complexity index is 1170. The van der Waals surface area contributed by atoms with Crippen molar-refractivity contribution in [3.05, 3.63) is 52.7 Å². The summed E-state index contributed by atoms with van der Waals surface area (Å²) in [5.74, 6) is 0.854. The van der Waals surface area contributed by atoms with Crippen LogP contribution in [-0.4, -0.2) is 55.2 Å². The van der Waals surface area contributed by atoms with Gasteiger partial charge in [0.05, 0.1) is 16.1 Å². The number of hydrogen-bond acceptors (Lipinski definition) is 7. The van der Waals surface area contributed by atoms with Crippen LogP contribution in [0.2, 0.25) is 5.02 Å². The van der Waals surface area contributed by atoms with Gasteiger partial charge in [-0.2, -0.15) is 5.26 Å². The smallest absolute Gasteiger partial charge is 0.321 e. The highest BCUT2D eigenvalue weighted by atomic mass is 35.5. The van der Waals surface area contributed by atoms with Gasteiger partial charge >= 0.3 is 6.03 Å². The summed E-state index contributed by atoms with van der Waals surface area (Å²) < 4.78 is 6.24. The zero-order chi connectivity index (χ0) is 26.1. The van der Waals surface area contributed by atoms with Gasteiger partial charge in [-0.3, -0.25) is 10.1 Å². The molecule has 1 aliphatic heterocycles. The van der Waals surface area contributed by atoms with Crippen LogP contribution in [0.5, 0.6) is 5.75 Å². The number of carbonyl (C=O) groups excluding carboxylic acids is 2. The van der Waals surface area contributed by atoms with Gasteiger partial charge in [-0.25, -0.2) is 9.78 Å². The highest BCUT2D eigenvalue weighted by molar-refractivity contribution is 6.31. The van der Waals surface area contributed by atoms with E-state index in [1.165, 1.54) is 6.20 Å². The van der Waals surface area contributed by atoms with E-state index >= 15 is 0 Å². The zero-order valence-corrected chi connectivity index (χ0v) is 21.6. The average Bonchev–Trinajstić information content (AvgIpc) is 2.86. The fourth-order valence-electron chi connectivity index (χ4n) is 5.54. The molecule has 1 aromatic carbocycles. The fraction of sp³-hybridized carbons (Fsp3) is 0.462. The molecule has 190 valence electrons. The van der Waals surface area contributed by atoms with E-state index in [2.05, 4.69) is 25.8 Å². The second-order valence-corrected chi connectivity index (χ2v) is 10.8. The molecule has 1 saturated carbocycles. The van der Waals surface area contributed by atoms with Crippen molar-refractivity contribution in [3.63, 3.8) is 0 Å². The number of nitrogens with zero attached hydrogens (tertiary/aromatic N) is 3. The summed E-state index contributed by atoms with van der Waals surface area (Å²) in [6, 6.07) is 9.64. The number of imide groups is 1. The van der Waals surface area contributed by atoms with Crippen molar-refractivity contribution in [2.24, 2.45) is 10.8 Å². The summed E-state index contributed by atoms with van der Waals surface area (Å²) in [6.07, 6.45) is 1.25. The van der Waals surface area contributed by atoms with E-state index in [4.69, 9.17) is 21.6 Å². The molecule has 2 fully saturated rings. The van der Waals surface area contributed by atoms with E-state index < -0.39 is 22.8 Å². The van der Waals surface area contributed by atoms with Gasteiger partial charge in [-0.1, -0.05) is 39.3 Å². The molecule has 0 spiro atoms. The third-order valence-electron chi connectivity index (χ3n) is 7.11. The number of benzene rings is 1. The first-order valence-corrected chi connectivity index (χ1v) is 12.3. The number of rotatable bonds is 5. The molecular weight excluding hydrogens is 480 g/mol. The molecule has 1 aliphatic carbocycles. The Balaban J connectivity index is 1.36. The largest absolute Gasteiger partial charge is 0.489 e.